The van der Waals surface area contributed by atoms with Crippen LogP contribution in [0.4, 0.5) is 0 Å². The summed E-state index contributed by atoms with van der Waals surface area (Å²) in [6, 6.07) is 18.3. The third-order valence-corrected chi connectivity index (χ3v) is 6.01. The molecule has 7 heteroatoms. The first-order valence-corrected chi connectivity index (χ1v) is 10.7. The smallest absolute Gasteiger partial charge is 0.177 e. The quantitative estimate of drug-likeness (QED) is 0.416. The highest BCUT2D eigenvalue weighted by Crippen LogP contribution is 2.39. The zero-order valence-electron chi connectivity index (χ0n) is 17.9. The number of benzene rings is 2. The van der Waals surface area contributed by atoms with Crippen LogP contribution in [0.15, 0.2) is 66.9 Å². The second kappa shape index (κ2) is 7.69. The molecule has 1 aliphatic carbocycles. The highest BCUT2D eigenvalue weighted by atomic mass is 15.2. The van der Waals surface area contributed by atoms with Crippen molar-refractivity contribution in [3.05, 3.63) is 78.3 Å². The number of fused-ring (bicyclic) bond motifs is 1. The third-order valence-electron chi connectivity index (χ3n) is 6.01. The second-order valence-electron chi connectivity index (χ2n) is 8.38. The Kier molecular flexibility index (Phi) is 4.83. The lowest BCUT2D eigenvalue weighted by atomic mass is 9.73. The van der Waals surface area contributed by atoms with Crippen LogP contribution in [0.2, 0.25) is 0 Å². The van der Waals surface area contributed by atoms with Crippen molar-refractivity contribution in [2.45, 2.75) is 31.7 Å². The van der Waals surface area contributed by atoms with Crippen molar-refractivity contribution in [3.63, 3.8) is 0 Å². The molecule has 2 heterocycles. The van der Waals surface area contributed by atoms with Gasteiger partial charge in [0.25, 0.3) is 0 Å². The number of allylic oxidation sites excluding steroid dienone is 1. The Morgan fingerprint density at radius 3 is 2.41 bits per heavy atom. The minimum atomic E-state index is -0.211. The standard InChI is InChI=1S/C25H25N7/c1-16(26)14-20(27)22-29-15-21-24(31-22)32(23(30-21)17-6-3-2-4-7-17)19-10-8-18(9-11-19)25(28)12-5-13-25/h2-4,6-11,14-15,26H,5,12-13,27-28H2,1H3/b20-14-,26-16?. The van der Waals surface area contributed by atoms with Gasteiger partial charge in [-0.15, -0.1) is 0 Å². The number of nitrogens with two attached hydrogens (primary N) is 2. The van der Waals surface area contributed by atoms with Gasteiger partial charge in [-0.25, -0.2) is 15.0 Å². The Labute approximate surface area is 186 Å². The van der Waals surface area contributed by atoms with Crippen LogP contribution < -0.4 is 11.5 Å². The van der Waals surface area contributed by atoms with Crippen LogP contribution in [0.25, 0.3) is 33.9 Å². The molecule has 5 N–H and O–H groups in total. The van der Waals surface area contributed by atoms with E-state index in [0.29, 0.717) is 28.4 Å². The van der Waals surface area contributed by atoms with Crippen LogP contribution in [-0.4, -0.2) is 25.2 Å². The van der Waals surface area contributed by atoms with Gasteiger partial charge in [-0.05, 0) is 50.0 Å². The summed E-state index contributed by atoms with van der Waals surface area (Å²) < 4.78 is 2.02. The van der Waals surface area contributed by atoms with Crippen molar-refractivity contribution in [2.75, 3.05) is 0 Å². The van der Waals surface area contributed by atoms with Gasteiger partial charge in [0.2, 0.25) is 0 Å². The first-order chi connectivity index (χ1) is 15.4. The minimum absolute atomic E-state index is 0.211. The van der Waals surface area contributed by atoms with E-state index in [0.717, 1.165) is 35.5 Å². The molecular formula is C25H25N7. The van der Waals surface area contributed by atoms with Gasteiger partial charge in [0.1, 0.15) is 11.3 Å². The van der Waals surface area contributed by atoms with Crippen LogP contribution in [-0.2, 0) is 5.54 Å². The zero-order chi connectivity index (χ0) is 22.3. The number of nitrogens with one attached hydrogen (secondary N) is 1. The maximum Gasteiger partial charge on any atom is 0.177 e. The van der Waals surface area contributed by atoms with Gasteiger partial charge in [0.05, 0.1) is 11.9 Å². The number of rotatable bonds is 5. The summed E-state index contributed by atoms with van der Waals surface area (Å²) in [5.74, 6) is 1.15. The summed E-state index contributed by atoms with van der Waals surface area (Å²) in [4.78, 5) is 13.9. The fourth-order valence-corrected chi connectivity index (χ4v) is 4.13. The minimum Gasteiger partial charge on any atom is -0.396 e. The predicted molar refractivity (Wildman–Crippen MR) is 127 cm³/mol. The molecule has 2 aromatic heterocycles. The van der Waals surface area contributed by atoms with Crippen molar-refractivity contribution < 1.29 is 0 Å². The molecule has 1 saturated carbocycles. The molecule has 7 nitrogen and oxygen atoms in total. The maximum absolute atomic E-state index is 7.68. The first-order valence-electron chi connectivity index (χ1n) is 10.7. The van der Waals surface area contributed by atoms with Crippen molar-refractivity contribution in [1.82, 2.24) is 19.5 Å². The molecule has 0 aliphatic heterocycles. The van der Waals surface area contributed by atoms with E-state index in [-0.39, 0.29) is 5.54 Å². The molecule has 0 atom stereocenters. The Balaban J connectivity index is 1.70. The lowest BCUT2D eigenvalue weighted by Gasteiger charge is -2.38. The van der Waals surface area contributed by atoms with E-state index in [4.69, 9.17) is 26.8 Å². The van der Waals surface area contributed by atoms with Crippen LogP contribution in [0, 0.1) is 5.41 Å². The monoisotopic (exact) mass is 423 g/mol. The van der Waals surface area contributed by atoms with Crippen molar-refractivity contribution in [1.29, 1.82) is 5.41 Å². The second-order valence-corrected chi connectivity index (χ2v) is 8.38. The van der Waals surface area contributed by atoms with Crippen molar-refractivity contribution in [2.24, 2.45) is 11.5 Å². The molecule has 1 fully saturated rings. The van der Waals surface area contributed by atoms with Crippen LogP contribution in [0.5, 0.6) is 0 Å². The van der Waals surface area contributed by atoms with Gasteiger partial charge in [-0.1, -0.05) is 42.5 Å². The highest BCUT2D eigenvalue weighted by Gasteiger charge is 2.34. The molecule has 4 aromatic rings. The van der Waals surface area contributed by atoms with Crippen LogP contribution >= 0.6 is 0 Å². The van der Waals surface area contributed by atoms with Gasteiger partial charge in [-0.3, -0.25) is 4.57 Å². The van der Waals surface area contributed by atoms with E-state index in [2.05, 4.69) is 29.2 Å². The number of hydrogen-bond acceptors (Lipinski definition) is 6. The van der Waals surface area contributed by atoms with Crippen LogP contribution in [0.1, 0.15) is 37.6 Å². The summed E-state index contributed by atoms with van der Waals surface area (Å²) in [5.41, 5.74) is 17.5. The largest absolute Gasteiger partial charge is 0.396 e. The van der Waals surface area contributed by atoms with Gasteiger partial charge >= 0.3 is 0 Å². The number of nitrogens with zero attached hydrogens (tertiary/aromatic N) is 4. The molecule has 2 aromatic carbocycles. The normalized spacial score (nSPS) is 15.5. The summed E-state index contributed by atoms with van der Waals surface area (Å²) >= 11 is 0. The average Bonchev–Trinajstić information content (AvgIpc) is 3.16. The van der Waals surface area contributed by atoms with E-state index < -0.39 is 0 Å². The molecular weight excluding hydrogens is 398 g/mol. The molecule has 0 radical (unpaired) electrons. The molecule has 32 heavy (non-hydrogen) atoms. The molecule has 1 aliphatic rings. The first kappa shape index (κ1) is 20.1. The Morgan fingerprint density at radius 2 is 1.78 bits per heavy atom. The molecule has 0 spiro atoms. The topological polar surface area (TPSA) is 119 Å². The summed E-state index contributed by atoms with van der Waals surface area (Å²) in [7, 11) is 0. The molecule has 5 rings (SSSR count). The molecule has 160 valence electrons. The fourth-order valence-electron chi connectivity index (χ4n) is 4.13. The average molecular weight is 424 g/mol. The summed E-state index contributed by atoms with van der Waals surface area (Å²) in [5, 5.41) is 7.68. The summed E-state index contributed by atoms with van der Waals surface area (Å²) in [6.07, 6.45) is 6.44. The lowest BCUT2D eigenvalue weighted by Crippen LogP contribution is -2.43. The van der Waals surface area contributed by atoms with Gasteiger partial charge in [0.15, 0.2) is 11.5 Å². The number of hydrogen-bond donors (Lipinski definition) is 3. The highest BCUT2D eigenvalue weighted by molar-refractivity contribution is 5.96. The summed E-state index contributed by atoms with van der Waals surface area (Å²) in [6.45, 7) is 1.66. The van der Waals surface area contributed by atoms with E-state index in [1.165, 1.54) is 6.42 Å². The number of aromatic nitrogens is 4. The van der Waals surface area contributed by atoms with Crippen molar-refractivity contribution in [3.8, 4) is 17.1 Å². The van der Waals surface area contributed by atoms with E-state index in [1.54, 1.807) is 19.2 Å². The van der Waals surface area contributed by atoms with Gasteiger partial charge < -0.3 is 16.9 Å². The Morgan fingerprint density at radius 1 is 1.06 bits per heavy atom. The maximum atomic E-state index is 7.68. The third kappa shape index (κ3) is 3.46. The Bertz CT molecular complexity index is 1330. The number of imidazole rings is 1. The van der Waals surface area contributed by atoms with E-state index in [1.807, 2.05) is 34.9 Å². The molecule has 0 unspecified atom stereocenters. The molecule has 0 amide bonds. The van der Waals surface area contributed by atoms with E-state index in [9.17, 15) is 0 Å². The lowest BCUT2D eigenvalue weighted by molar-refractivity contribution is 0.253. The molecule has 0 saturated heterocycles. The van der Waals surface area contributed by atoms with Crippen LogP contribution in [0.3, 0.4) is 0 Å². The van der Waals surface area contributed by atoms with Gasteiger partial charge in [0, 0.05) is 22.5 Å². The van der Waals surface area contributed by atoms with Gasteiger partial charge in [-0.2, -0.15) is 0 Å². The van der Waals surface area contributed by atoms with E-state index >= 15 is 0 Å². The molecule has 0 bridgehead atoms. The van der Waals surface area contributed by atoms with Crippen molar-refractivity contribution >= 4 is 22.6 Å². The Hall–Kier alpha value is -3.84. The predicted octanol–water partition coefficient (Wildman–Crippen LogP) is 4.16. The fraction of sp³-hybridized carbons (Fsp3) is 0.200. The zero-order valence-corrected chi connectivity index (χ0v) is 17.9. The SMILES string of the molecule is CC(=N)/C=C(\N)c1ncc2nc(-c3ccccc3)n(-c3ccc(C4(N)CCC4)cc3)c2n1.